The van der Waals surface area contributed by atoms with Gasteiger partial charge in [0.1, 0.15) is 5.75 Å². The molecule has 1 aliphatic rings. The van der Waals surface area contributed by atoms with Crippen molar-refractivity contribution in [2.45, 2.75) is 32.3 Å². The zero-order valence-electron chi connectivity index (χ0n) is 12.5. The second kappa shape index (κ2) is 7.43. The lowest BCUT2D eigenvalue weighted by molar-refractivity contribution is 0.00838. The van der Waals surface area contributed by atoms with Crippen LogP contribution in [0.4, 0.5) is 0 Å². The van der Waals surface area contributed by atoms with Crippen molar-refractivity contribution in [3.63, 3.8) is 0 Å². The van der Waals surface area contributed by atoms with E-state index in [2.05, 4.69) is 0 Å². The number of phenols is 1. The second-order valence-corrected chi connectivity index (χ2v) is 5.53. The Hall–Kier alpha value is -1.59. The number of nitrogens with two attached hydrogens (primary N) is 1. The number of phenolic OH excluding ortho intramolecular Hbond substituents is 1. The average Bonchev–Trinajstić information content (AvgIpc) is 2.50. The van der Waals surface area contributed by atoms with E-state index in [-0.39, 0.29) is 17.8 Å². The Kier molecular flexibility index (Phi) is 5.59. The van der Waals surface area contributed by atoms with Crippen LogP contribution >= 0.6 is 0 Å². The standard InChI is InChI=1S/C16H24N2O3/c1-12-3-4-15(19)14(11-12)16(20)18-8-5-13(6-9-18)21-10-2-7-17/h3-4,11,13,19H,2,5-10,17H2,1H3. The number of carbonyl (C=O) groups is 1. The van der Waals surface area contributed by atoms with Crippen LogP contribution in [0.5, 0.6) is 5.75 Å². The maximum absolute atomic E-state index is 12.4. The number of amides is 1. The van der Waals surface area contributed by atoms with Crippen molar-refractivity contribution in [3.8, 4) is 5.75 Å². The van der Waals surface area contributed by atoms with Gasteiger partial charge in [-0.15, -0.1) is 0 Å². The van der Waals surface area contributed by atoms with E-state index in [0.29, 0.717) is 31.8 Å². The highest BCUT2D eigenvalue weighted by Crippen LogP contribution is 2.22. The molecule has 5 heteroatoms. The summed E-state index contributed by atoms with van der Waals surface area (Å²) in [4.78, 5) is 14.2. The van der Waals surface area contributed by atoms with Crippen LogP contribution in [0.3, 0.4) is 0 Å². The molecule has 0 aliphatic carbocycles. The van der Waals surface area contributed by atoms with E-state index < -0.39 is 0 Å². The smallest absolute Gasteiger partial charge is 0.257 e. The molecule has 1 amide bonds. The van der Waals surface area contributed by atoms with Crippen LogP contribution in [0.15, 0.2) is 18.2 Å². The second-order valence-electron chi connectivity index (χ2n) is 5.53. The molecule has 0 saturated carbocycles. The number of ether oxygens (including phenoxy) is 1. The van der Waals surface area contributed by atoms with Crippen molar-refractivity contribution in [1.29, 1.82) is 0 Å². The van der Waals surface area contributed by atoms with Gasteiger partial charge >= 0.3 is 0 Å². The van der Waals surface area contributed by atoms with Gasteiger partial charge in [-0.05, 0) is 44.9 Å². The van der Waals surface area contributed by atoms with Crippen LogP contribution in [-0.4, -0.2) is 48.3 Å². The van der Waals surface area contributed by atoms with Crippen LogP contribution in [0, 0.1) is 6.92 Å². The summed E-state index contributed by atoms with van der Waals surface area (Å²) >= 11 is 0. The first-order chi connectivity index (χ1) is 10.1. The summed E-state index contributed by atoms with van der Waals surface area (Å²) in [7, 11) is 0. The number of hydrogen-bond donors (Lipinski definition) is 2. The maximum atomic E-state index is 12.4. The van der Waals surface area contributed by atoms with Crippen molar-refractivity contribution in [1.82, 2.24) is 4.90 Å². The van der Waals surface area contributed by atoms with Gasteiger partial charge in [-0.3, -0.25) is 4.79 Å². The van der Waals surface area contributed by atoms with Gasteiger partial charge in [0.25, 0.3) is 5.91 Å². The number of aromatic hydroxyl groups is 1. The Balaban J connectivity index is 1.89. The summed E-state index contributed by atoms with van der Waals surface area (Å²) in [5.74, 6) is -0.0523. The SMILES string of the molecule is Cc1ccc(O)c(C(=O)N2CCC(OCCCN)CC2)c1. The molecule has 0 spiro atoms. The fourth-order valence-corrected chi connectivity index (χ4v) is 2.55. The molecule has 0 radical (unpaired) electrons. The van der Waals surface area contributed by atoms with E-state index >= 15 is 0 Å². The summed E-state index contributed by atoms with van der Waals surface area (Å²) in [6, 6.07) is 5.11. The zero-order chi connectivity index (χ0) is 15.2. The quantitative estimate of drug-likeness (QED) is 0.809. The van der Waals surface area contributed by atoms with Crippen molar-refractivity contribution < 1.29 is 14.6 Å². The lowest BCUT2D eigenvalue weighted by Crippen LogP contribution is -2.41. The van der Waals surface area contributed by atoms with Crippen LogP contribution < -0.4 is 5.73 Å². The minimum absolute atomic E-state index is 0.0481. The molecule has 0 atom stereocenters. The van der Waals surface area contributed by atoms with Crippen molar-refractivity contribution >= 4 is 5.91 Å². The molecule has 1 aromatic carbocycles. The normalized spacial score (nSPS) is 16.2. The molecule has 1 fully saturated rings. The Labute approximate surface area is 125 Å². The van der Waals surface area contributed by atoms with Crippen LogP contribution in [0.25, 0.3) is 0 Å². The largest absolute Gasteiger partial charge is 0.507 e. The molecule has 1 aliphatic heterocycles. The molecular weight excluding hydrogens is 268 g/mol. The molecule has 21 heavy (non-hydrogen) atoms. The maximum Gasteiger partial charge on any atom is 0.257 e. The molecule has 0 unspecified atom stereocenters. The van der Waals surface area contributed by atoms with Gasteiger partial charge in [-0.2, -0.15) is 0 Å². The first-order valence-corrected chi connectivity index (χ1v) is 7.52. The predicted molar refractivity (Wildman–Crippen MR) is 81.4 cm³/mol. The van der Waals surface area contributed by atoms with E-state index in [0.717, 1.165) is 24.8 Å². The minimum Gasteiger partial charge on any atom is -0.507 e. The third kappa shape index (κ3) is 4.19. The number of benzene rings is 1. The van der Waals surface area contributed by atoms with Gasteiger partial charge in [0.05, 0.1) is 11.7 Å². The fourth-order valence-electron chi connectivity index (χ4n) is 2.55. The Morgan fingerprint density at radius 1 is 1.43 bits per heavy atom. The van der Waals surface area contributed by atoms with Crippen LogP contribution in [-0.2, 0) is 4.74 Å². The number of carbonyl (C=O) groups excluding carboxylic acids is 1. The molecule has 0 aromatic heterocycles. The number of aryl methyl sites for hydroxylation is 1. The zero-order valence-corrected chi connectivity index (χ0v) is 12.5. The van der Waals surface area contributed by atoms with Crippen molar-refractivity contribution in [2.75, 3.05) is 26.2 Å². The van der Waals surface area contributed by atoms with E-state index in [4.69, 9.17) is 10.5 Å². The molecule has 1 heterocycles. The van der Waals surface area contributed by atoms with Gasteiger partial charge in [0, 0.05) is 19.7 Å². The number of nitrogens with zero attached hydrogens (tertiary/aromatic N) is 1. The van der Waals surface area contributed by atoms with Gasteiger partial charge in [0.15, 0.2) is 0 Å². The molecule has 116 valence electrons. The van der Waals surface area contributed by atoms with Crippen LogP contribution in [0.2, 0.25) is 0 Å². The van der Waals surface area contributed by atoms with Gasteiger partial charge in [0.2, 0.25) is 0 Å². The number of piperidine rings is 1. The molecule has 1 saturated heterocycles. The van der Waals surface area contributed by atoms with Gasteiger partial charge in [-0.25, -0.2) is 0 Å². The van der Waals surface area contributed by atoms with Gasteiger partial charge in [-0.1, -0.05) is 11.6 Å². The number of hydrogen-bond acceptors (Lipinski definition) is 4. The number of likely N-dealkylation sites (tertiary alicyclic amines) is 1. The summed E-state index contributed by atoms with van der Waals surface area (Å²) in [6.45, 7) is 4.57. The molecular formula is C16H24N2O3. The highest BCUT2D eigenvalue weighted by Gasteiger charge is 2.25. The van der Waals surface area contributed by atoms with E-state index in [9.17, 15) is 9.90 Å². The molecule has 3 N–H and O–H groups in total. The predicted octanol–water partition coefficient (Wildman–Crippen LogP) is 1.67. The summed E-state index contributed by atoms with van der Waals surface area (Å²) in [5, 5.41) is 9.85. The highest BCUT2D eigenvalue weighted by atomic mass is 16.5. The van der Waals surface area contributed by atoms with Gasteiger partial charge < -0.3 is 20.5 Å². The lowest BCUT2D eigenvalue weighted by Gasteiger charge is -2.32. The first kappa shape index (κ1) is 15.8. The third-order valence-electron chi connectivity index (χ3n) is 3.81. The highest BCUT2D eigenvalue weighted by molar-refractivity contribution is 5.97. The summed E-state index contributed by atoms with van der Waals surface area (Å²) in [5.41, 5.74) is 6.80. The average molecular weight is 292 g/mol. The molecule has 1 aromatic rings. The summed E-state index contributed by atoms with van der Waals surface area (Å²) in [6.07, 6.45) is 2.76. The Morgan fingerprint density at radius 3 is 2.81 bits per heavy atom. The molecule has 2 rings (SSSR count). The van der Waals surface area contributed by atoms with Crippen molar-refractivity contribution in [2.24, 2.45) is 5.73 Å². The lowest BCUT2D eigenvalue weighted by atomic mass is 10.0. The van der Waals surface area contributed by atoms with E-state index in [1.54, 1.807) is 23.1 Å². The topological polar surface area (TPSA) is 75.8 Å². The Morgan fingerprint density at radius 2 is 2.14 bits per heavy atom. The number of rotatable bonds is 5. The summed E-state index contributed by atoms with van der Waals surface area (Å²) < 4.78 is 5.73. The third-order valence-corrected chi connectivity index (χ3v) is 3.81. The first-order valence-electron chi connectivity index (χ1n) is 7.52. The van der Waals surface area contributed by atoms with E-state index in [1.807, 2.05) is 6.92 Å². The fraction of sp³-hybridized carbons (Fsp3) is 0.562. The minimum atomic E-state index is -0.100. The van der Waals surface area contributed by atoms with Crippen LogP contribution in [0.1, 0.15) is 35.2 Å². The Bertz CT molecular complexity index is 482. The monoisotopic (exact) mass is 292 g/mol. The van der Waals surface area contributed by atoms with Crippen molar-refractivity contribution in [3.05, 3.63) is 29.3 Å². The van der Waals surface area contributed by atoms with E-state index in [1.165, 1.54) is 0 Å². The molecule has 0 bridgehead atoms. The molecule has 5 nitrogen and oxygen atoms in total.